The van der Waals surface area contributed by atoms with Gasteiger partial charge in [-0.2, -0.15) is 0 Å². The van der Waals surface area contributed by atoms with Gasteiger partial charge < -0.3 is 5.73 Å². The van der Waals surface area contributed by atoms with Crippen LogP contribution in [0.4, 0.5) is 8.78 Å². The van der Waals surface area contributed by atoms with Crippen molar-refractivity contribution in [3.63, 3.8) is 0 Å². The molecule has 0 unspecified atom stereocenters. The quantitative estimate of drug-likeness (QED) is 0.793. The second-order valence-electron chi connectivity index (χ2n) is 3.53. The lowest BCUT2D eigenvalue weighted by atomic mass is 10.3. The maximum Gasteiger partial charge on any atom is 0.273 e. The maximum absolute atomic E-state index is 12.7. The molecule has 0 aromatic carbocycles. The number of nitrogens with one attached hydrogen (secondary N) is 1. The highest BCUT2D eigenvalue weighted by Gasteiger charge is 2.28. The summed E-state index contributed by atoms with van der Waals surface area (Å²) in [5, 5.41) is 1.83. The number of hydrogen-bond acceptors (Lipinski definition) is 4. The number of rotatable bonds is 7. The standard InChI is InChI=1S/C9H14F2N2O2S2.ClH/c10-9(11,6-12)7-13-17(14,15)5-3-8-2-1-4-16-8;/h1-2,4,13H,3,5-7,12H2;1H. The Balaban J connectivity index is 0.00000289. The second kappa shape index (κ2) is 7.34. The largest absolute Gasteiger partial charge is 0.325 e. The highest BCUT2D eigenvalue weighted by Crippen LogP contribution is 2.11. The fraction of sp³-hybridized carbons (Fsp3) is 0.556. The predicted molar refractivity (Wildman–Crippen MR) is 71.1 cm³/mol. The zero-order valence-corrected chi connectivity index (χ0v) is 11.9. The van der Waals surface area contributed by atoms with E-state index in [9.17, 15) is 17.2 Å². The molecule has 9 heteroatoms. The topological polar surface area (TPSA) is 72.2 Å². The van der Waals surface area contributed by atoms with Gasteiger partial charge in [0.25, 0.3) is 5.92 Å². The van der Waals surface area contributed by atoms with Gasteiger partial charge in [0, 0.05) is 4.88 Å². The van der Waals surface area contributed by atoms with Gasteiger partial charge in [-0.1, -0.05) is 6.07 Å². The summed E-state index contributed by atoms with van der Waals surface area (Å²) < 4.78 is 50.2. The van der Waals surface area contributed by atoms with Crippen molar-refractivity contribution >= 4 is 33.8 Å². The van der Waals surface area contributed by atoms with Crippen LogP contribution in [0, 0.1) is 0 Å². The molecule has 1 aromatic rings. The van der Waals surface area contributed by atoms with Crippen molar-refractivity contribution in [3.05, 3.63) is 22.4 Å². The monoisotopic (exact) mass is 320 g/mol. The molecule has 0 amide bonds. The lowest BCUT2D eigenvalue weighted by Crippen LogP contribution is -2.42. The molecule has 0 aliphatic rings. The van der Waals surface area contributed by atoms with Crippen LogP contribution in [0.3, 0.4) is 0 Å². The van der Waals surface area contributed by atoms with Gasteiger partial charge in [-0.3, -0.25) is 0 Å². The molecule has 3 N–H and O–H groups in total. The maximum atomic E-state index is 12.7. The van der Waals surface area contributed by atoms with Crippen LogP contribution in [-0.2, 0) is 16.4 Å². The van der Waals surface area contributed by atoms with Crippen molar-refractivity contribution in [3.8, 4) is 0 Å². The van der Waals surface area contributed by atoms with Gasteiger partial charge in [-0.05, 0) is 17.9 Å². The normalized spacial score (nSPS) is 12.2. The molecule has 0 atom stereocenters. The summed E-state index contributed by atoms with van der Waals surface area (Å²) in [6.07, 6.45) is 0.321. The molecule has 0 spiro atoms. The first kappa shape index (κ1) is 17.7. The lowest BCUT2D eigenvalue weighted by molar-refractivity contribution is 0.0170. The molecule has 0 radical (unpaired) electrons. The minimum Gasteiger partial charge on any atom is -0.325 e. The van der Waals surface area contributed by atoms with Gasteiger partial charge in [-0.25, -0.2) is 21.9 Å². The SMILES string of the molecule is Cl.NCC(F)(F)CNS(=O)(=O)CCc1cccs1. The number of alkyl halides is 2. The number of sulfonamides is 1. The molecule has 0 aliphatic carbocycles. The van der Waals surface area contributed by atoms with Crippen LogP contribution < -0.4 is 10.5 Å². The highest BCUT2D eigenvalue weighted by molar-refractivity contribution is 7.89. The highest BCUT2D eigenvalue weighted by atomic mass is 35.5. The molecular weight excluding hydrogens is 306 g/mol. The number of thiophene rings is 1. The Morgan fingerprint density at radius 2 is 2.11 bits per heavy atom. The first-order valence-corrected chi connectivity index (χ1v) is 7.45. The number of hydrogen-bond donors (Lipinski definition) is 2. The Hall–Kier alpha value is -0.280. The molecule has 0 fully saturated rings. The Labute approximate surface area is 115 Å². The van der Waals surface area contributed by atoms with E-state index in [0.717, 1.165) is 4.88 Å². The molecule has 106 valence electrons. The second-order valence-corrected chi connectivity index (χ2v) is 6.49. The third kappa shape index (κ3) is 6.60. The molecule has 1 rings (SSSR count). The van der Waals surface area contributed by atoms with E-state index in [1.807, 2.05) is 16.2 Å². The van der Waals surface area contributed by atoms with Crippen molar-refractivity contribution in [2.45, 2.75) is 12.3 Å². The number of aryl methyl sites for hydroxylation is 1. The van der Waals surface area contributed by atoms with Gasteiger partial charge in [0.15, 0.2) is 0 Å². The van der Waals surface area contributed by atoms with E-state index in [0.29, 0.717) is 6.42 Å². The third-order valence-electron chi connectivity index (χ3n) is 2.05. The van der Waals surface area contributed by atoms with Crippen LogP contribution in [0.25, 0.3) is 0 Å². The van der Waals surface area contributed by atoms with E-state index in [1.165, 1.54) is 11.3 Å². The smallest absolute Gasteiger partial charge is 0.273 e. The average Bonchev–Trinajstić information content (AvgIpc) is 2.77. The molecule has 0 saturated heterocycles. The van der Waals surface area contributed by atoms with Gasteiger partial charge in [0.05, 0.1) is 18.8 Å². The summed E-state index contributed by atoms with van der Waals surface area (Å²) in [5.41, 5.74) is 4.80. The summed E-state index contributed by atoms with van der Waals surface area (Å²) in [5.74, 6) is -3.40. The number of halogens is 3. The Morgan fingerprint density at radius 1 is 1.44 bits per heavy atom. The Kier molecular flexibility index (Phi) is 7.23. The van der Waals surface area contributed by atoms with Gasteiger partial charge >= 0.3 is 0 Å². The Morgan fingerprint density at radius 3 is 2.61 bits per heavy atom. The number of nitrogens with two attached hydrogens (primary N) is 1. The van der Waals surface area contributed by atoms with Crippen molar-refractivity contribution < 1.29 is 17.2 Å². The van der Waals surface area contributed by atoms with Crippen LogP contribution in [0.1, 0.15) is 4.88 Å². The molecule has 0 aliphatic heterocycles. The fourth-order valence-electron chi connectivity index (χ4n) is 1.05. The van der Waals surface area contributed by atoms with E-state index >= 15 is 0 Å². The van der Waals surface area contributed by atoms with Crippen LogP contribution in [0.2, 0.25) is 0 Å². The first-order chi connectivity index (χ1) is 7.85. The fourth-order valence-corrected chi connectivity index (χ4v) is 2.95. The van der Waals surface area contributed by atoms with Crippen LogP contribution in [0.15, 0.2) is 17.5 Å². The first-order valence-electron chi connectivity index (χ1n) is 4.92. The minimum absolute atomic E-state index is 0. The van der Waals surface area contributed by atoms with Crippen LogP contribution in [0.5, 0.6) is 0 Å². The zero-order chi connectivity index (χ0) is 12.9. The molecule has 18 heavy (non-hydrogen) atoms. The predicted octanol–water partition coefficient (Wildman–Crippen LogP) is 1.23. The van der Waals surface area contributed by atoms with Crippen LogP contribution >= 0.6 is 23.7 Å². The van der Waals surface area contributed by atoms with Crippen molar-refractivity contribution in [2.75, 3.05) is 18.8 Å². The summed E-state index contributed by atoms with van der Waals surface area (Å²) >= 11 is 1.43. The van der Waals surface area contributed by atoms with Crippen molar-refractivity contribution in [2.24, 2.45) is 5.73 Å². The summed E-state index contributed by atoms with van der Waals surface area (Å²) in [6.45, 7) is -1.82. The molecule has 4 nitrogen and oxygen atoms in total. The third-order valence-corrected chi connectivity index (χ3v) is 4.31. The summed E-state index contributed by atoms with van der Waals surface area (Å²) in [4.78, 5) is 0.904. The van der Waals surface area contributed by atoms with Crippen LogP contribution in [-0.4, -0.2) is 33.2 Å². The van der Waals surface area contributed by atoms with E-state index in [4.69, 9.17) is 5.73 Å². The molecule has 1 heterocycles. The minimum atomic E-state index is -3.68. The molecule has 1 aromatic heterocycles. The molecule has 0 bridgehead atoms. The lowest BCUT2D eigenvalue weighted by Gasteiger charge is -2.14. The summed E-state index contributed by atoms with van der Waals surface area (Å²) in [6, 6.07) is 3.61. The van der Waals surface area contributed by atoms with E-state index in [2.05, 4.69) is 0 Å². The zero-order valence-electron chi connectivity index (χ0n) is 9.43. The van der Waals surface area contributed by atoms with Crippen molar-refractivity contribution in [1.82, 2.24) is 4.72 Å². The van der Waals surface area contributed by atoms with E-state index in [-0.39, 0.29) is 18.2 Å². The molecule has 0 saturated carbocycles. The van der Waals surface area contributed by atoms with Gasteiger partial charge in [0.1, 0.15) is 0 Å². The molecular formula is C9H15ClF2N2O2S2. The van der Waals surface area contributed by atoms with Gasteiger partial charge in [-0.15, -0.1) is 23.7 Å². The summed E-state index contributed by atoms with van der Waals surface area (Å²) in [7, 11) is -3.68. The average molecular weight is 321 g/mol. The van der Waals surface area contributed by atoms with E-state index < -0.39 is 29.0 Å². The van der Waals surface area contributed by atoms with Crippen molar-refractivity contribution in [1.29, 1.82) is 0 Å². The Bertz CT molecular complexity index is 437. The van der Waals surface area contributed by atoms with E-state index in [1.54, 1.807) is 6.07 Å². The van der Waals surface area contributed by atoms with Gasteiger partial charge in [0.2, 0.25) is 10.0 Å².